The van der Waals surface area contributed by atoms with Crippen LogP contribution in [0.4, 0.5) is 5.82 Å². The number of carboxylic acid groups (broad SMARTS) is 1. The van der Waals surface area contributed by atoms with E-state index in [0.717, 1.165) is 67.3 Å². The second-order valence-electron chi connectivity index (χ2n) is 11.5. The lowest BCUT2D eigenvalue weighted by atomic mass is 9.60. The number of carboxylic acids is 1. The molecule has 194 valence electrons. The highest BCUT2D eigenvalue weighted by atomic mass is 16.5. The molecule has 0 radical (unpaired) electrons. The van der Waals surface area contributed by atoms with Crippen LogP contribution in [0.1, 0.15) is 71.7 Å². The van der Waals surface area contributed by atoms with E-state index in [9.17, 15) is 9.90 Å². The molecule has 7 heteroatoms. The molecular weight excluding hydrogens is 476 g/mol. The summed E-state index contributed by atoms with van der Waals surface area (Å²) in [5.74, 6) is 1.60. The van der Waals surface area contributed by atoms with E-state index in [-0.39, 0.29) is 0 Å². The Morgan fingerprint density at radius 2 is 1.89 bits per heavy atom. The summed E-state index contributed by atoms with van der Waals surface area (Å²) in [6.07, 6.45) is 11.0. The van der Waals surface area contributed by atoms with Gasteiger partial charge >= 0.3 is 5.97 Å². The average molecular weight is 509 g/mol. The van der Waals surface area contributed by atoms with E-state index in [0.29, 0.717) is 22.3 Å². The highest BCUT2D eigenvalue weighted by Gasteiger charge is 2.43. The van der Waals surface area contributed by atoms with Crippen molar-refractivity contribution < 1.29 is 14.4 Å². The minimum Gasteiger partial charge on any atom is -0.478 e. The van der Waals surface area contributed by atoms with Crippen LogP contribution in [0.15, 0.2) is 52.7 Å². The first kappa shape index (κ1) is 23.3. The topological polar surface area (TPSA) is 84.4 Å². The number of aryl methyl sites for hydroxylation is 2. The van der Waals surface area contributed by atoms with E-state index in [4.69, 9.17) is 9.51 Å². The molecule has 7 nitrogen and oxygen atoms in total. The zero-order valence-corrected chi connectivity index (χ0v) is 21.9. The smallest absolute Gasteiger partial charge is 0.337 e. The van der Waals surface area contributed by atoms with E-state index < -0.39 is 5.97 Å². The molecule has 1 aromatic carbocycles. The maximum atomic E-state index is 11.5. The second-order valence-corrected chi connectivity index (χ2v) is 11.5. The highest BCUT2D eigenvalue weighted by molar-refractivity contribution is 6.02. The summed E-state index contributed by atoms with van der Waals surface area (Å²) in [6.45, 7) is 4.08. The van der Waals surface area contributed by atoms with Crippen molar-refractivity contribution in [3.8, 4) is 11.3 Å². The van der Waals surface area contributed by atoms with E-state index in [2.05, 4.69) is 47.3 Å². The first-order chi connectivity index (χ1) is 18.4. The number of piperidine rings is 1. The molecule has 3 aromatic heterocycles. The quantitative estimate of drug-likeness (QED) is 0.328. The summed E-state index contributed by atoms with van der Waals surface area (Å²) >= 11 is 0. The van der Waals surface area contributed by atoms with Crippen molar-refractivity contribution in [3.05, 3.63) is 70.6 Å². The molecule has 1 spiro atoms. The van der Waals surface area contributed by atoms with Gasteiger partial charge in [0.2, 0.25) is 0 Å². The van der Waals surface area contributed by atoms with Crippen molar-refractivity contribution in [2.24, 2.45) is 12.5 Å². The van der Waals surface area contributed by atoms with Gasteiger partial charge in [-0.25, -0.2) is 9.78 Å². The Hall–Kier alpha value is -3.87. The average Bonchev–Trinajstić information content (AvgIpc) is 3.58. The normalized spacial score (nSPS) is 18.7. The number of anilines is 1. The summed E-state index contributed by atoms with van der Waals surface area (Å²) in [5.41, 5.74) is 7.47. The molecule has 0 atom stereocenters. The highest BCUT2D eigenvalue weighted by Crippen LogP contribution is 2.54. The first-order valence-electron chi connectivity index (χ1n) is 13.6. The fourth-order valence-corrected chi connectivity index (χ4v) is 6.49. The molecule has 0 bridgehead atoms. The van der Waals surface area contributed by atoms with Gasteiger partial charge in [-0.15, -0.1) is 0 Å². The van der Waals surface area contributed by atoms with Gasteiger partial charge in [0.1, 0.15) is 22.9 Å². The molecule has 7 rings (SSSR count). The molecule has 0 unspecified atom stereocenters. The third-order valence-electron chi connectivity index (χ3n) is 8.84. The van der Waals surface area contributed by atoms with Gasteiger partial charge in [0.25, 0.3) is 0 Å². The van der Waals surface area contributed by atoms with Gasteiger partial charge < -0.3 is 19.1 Å². The van der Waals surface area contributed by atoms with Crippen molar-refractivity contribution in [1.29, 1.82) is 0 Å². The standard InChI is InChI=1S/C31H32N4O3/c1-19-5-3-4-6-22(19)27-24(28(38-33-27)21-7-8-21)15-20-16-31(17-20)11-13-35(14-12-31)26-10-9-23-25(30(36)37)18-34(2)29(23)32-26/h3-6,9-10,15,18,21H,7-8,11-14,16-17H2,1-2H3,(H,36,37). The molecule has 3 fully saturated rings. The molecule has 2 aliphatic carbocycles. The number of fused-ring (bicyclic) bond motifs is 1. The van der Waals surface area contributed by atoms with Crippen LogP contribution in [0, 0.1) is 12.3 Å². The molecular formula is C31H32N4O3. The van der Waals surface area contributed by atoms with Gasteiger partial charge in [0.05, 0.1) is 5.56 Å². The van der Waals surface area contributed by atoms with Crippen LogP contribution in [0.3, 0.4) is 0 Å². The lowest BCUT2D eigenvalue weighted by Gasteiger charge is -2.49. The van der Waals surface area contributed by atoms with E-state index in [1.165, 1.54) is 29.5 Å². The number of pyridine rings is 1. The van der Waals surface area contributed by atoms with Gasteiger partial charge in [0, 0.05) is 48.8 Å². The number of rotatable bonds is 5. The third kappa shape index (κ3) is 3.83. The number of hydrogen-bond acceptors (Lipinski definition) is 5. The van der Waals surface area contributed by atoms with Crippen molar-refractivity contribution in [2.45, 2.75) is 51.4 Å². The van der Waals surface area contributed by atoms with Crippen LogP contribution >= 0.6 is 0 Å². The van der Waals surface area contributed by atoms with Crippen molar-refractivity contribution in [3.63, 3.8) is 0 Å². The maximum absolute atomic E-state index is 11.5. The van der Waals surface area contributed by atoms with Crippen LogP contribution in [0.2, 0.25) is 0 Å². The molecule has 0 amide bonds. The molecule has 2 saturated carbocycles. The number of allylic oxidation sites excluding steroid dienone is 1. The Morgan fingerprint density at radius 1 is 1.13 bits per heavy atom. The van der Waals surface area contributed by atoms with E-state index >= 15 is 0 Å². The Kier molecular flexibility index (Phi) is 5.25. The molecule has 4 aromatic rings. The predicted molar refractivity (Wildman–Crippen MR) is 147 cm³/mol. The number of hydrogen-bond donors (Lipinski definition) is 1. The summed E-state index contributed by atoms with van der Waals surface area (Å²) in [4.78, 5) is 18.7. The monoisotopic (exact) mass is 508 g/mol. The number of aromatic nitrogens is 3. The largest absolute Gasteiger partial charge is 0.478 e. The van der Waals surface area contributed by atoms with Gasteiger partial charge in [-0.1, -0.05) is 35.0 Å². The molecule has 1 aliphatic heterocycles. The zero-order chi connectivity index (χ0) is 26.0. The summed E-state index contributed by atoms with van der Waals surface area (Å²) in [6, 6.07) is 12.3. The fourth-order valence-electron chi connectivity index (χ4n) is 6.49. The van der Waals surface area contributed by atoms with Crippen LogP contribution in [-0.4, -0.2) is 38.9 Å². The van der Waals surface area contributed by atoms with Crippen LogP contribution < -0.4 is 4.90 Å². The summed E-state index contributed by atoms with van der Waals surface area (Å²) < 4.78 is 7.72. The third-order valence-corrected chi connectivity index (χ3v) is 8.84. The Morgan fingerprint density at radius 3 is 2.61 bits per heavy atom. The van der Waals surface area contributed by atoms with Crippen molar-refractivity contribution >= 4 is 28.9 Å². The van der Waals surface area contributed by atoms with E-state index in [1.54, 1.807) is 6.20 Å². The Balaban J connectivity index is 1.08. The van der Waals surface area contributed by atoms with Crippen LogP contribution in [0.25, 0.3) is 28.4 Å². The lowest BCUT2D eigenvalue weighted by Crippen LogP contribution is -2.44. The maximum Gasteiger partial charge on any atom is 0.337 e. The zero-order valence-electron chi connectivity index (χ0n) is 21.9. The SMILES string of the molecule is Cc1ccccc1-c1noc(C2CC2)c1C=C1CC2(CCN(c3ccc4c(C(=O)O)cn(C)c4n3)CC2)C1. The predicted octanol–water partition coefficient (Wildman–Crippen LogP) is 6.58. The Labute approximate surface area is 221 Å². The minimum atomic E-state index is -0.916. The summed E-state index contributed by atoms with van der Waals surface area (Å²) in [5, 5.41) is 14.7. The molecule has 1 N–H and O–H groups in total. The van der Waals surface area contributed by atoms with E-state index in [1.807, 2.05) is 23.7 Å². The number of aromatic carboxylic acids is 1. The number of carbonyl (C=O) groups is 1. The van der Waals surface area contributed by atoms with Gasteiger partial charge in [-0.05, 0) is 74.6 Å². The van der Waals surface area contributed by atoms with Gasteiger partial charge in [0.15, 0.2) is 0 Å². The molecule has 3 aliphatic rings. The van der Waals surface area contributed by atoms with Crippen LogP contribution in [-0.2, 0) is 7.05 Å². The van der Waals surface area contributed by atoms with Crippen molar-refractivity contribution in [2.75, 3.05) is 18.0 Å². The minimum absolute atomic E-state index is 0.302. The summed E-state index contributed by atoms with van der Waals surface area (Å²) in [7, 11) is 1.85. The number of benzene rings is 1. The number of nitrogens with zero attached hydrogens (tertiary/aromatic N) is 4. The molecule has 1 saturated heterocycles. The van der Waals surface area contributed by atoms with Gasteiger partial charge in [-0.3, -0.25) is 0 Å². The Bertz CT molecular complexity index is 1590. The van der Waals surface area contributed by atoms with Crippen molar-refractivity contribution in [1.82, 2.24) is 14.7 Å². The lowest BCUT2D eigenvalue weighted by molar-refractivity contribution is 0.0699. The molecule has 4 heterocycles. The van der Waals surface area contributed by atoms with Gasteiger partial charge in [-0.2, -0.15) is 0 Å². The second kappa shape index (κ2) is 8.58. The first-order valence-corrected chi connectivity index (χ1v) is 13.6. The fraction of sp³-hybridized carbons (Fsp3) is 0.387. The van der Waals surface area contributed by atoms with Crippen LogP contribution in [0.5, 0.6) is 0 Å². The molecule has 38 heavy (non-hydrogen) atoms.